The van der Waals surface area contributed by atoms with Crippen molar-refractivity contribution < 1.29 is 19.1 Å². The third kappa shape index (κ3) is 5.68. The number of benzene rings is 2. The van der Waals surface area contributed by atoms with E-state index in [9.17, 15) is 9.59 Å². The van der Waals surface area contributed by atoms with Crippen molar-refractivity contribution in [3.63, 3.8) is 0 Å². The summed E-state index contributed by atoms with van der Waals surface area (Å²) < 4.78 is 10.6. The third-order valence-electron chi connectivity index (χ3n) is 4.52. The quantitative estimate of drug-likeness (QED) is 0.547. The van der Waals surface area contributed by atoms with E-state index in [4.69, 9.17) is 15.2 Å². The number of amidine groups is 1. The maximum atomic E-state index is 12.5. The van der Waals surface area contributed by atoms with Crippen LogP contribution in [0.4, 0.5) is 0 Å². The smallest absolute Gasteiger partial charge is 0.298 e. The first-order valence-electron chi connectivity index (χ1n) is 9.55. The molecule has 2 aromatic rings. The summed E-state index contributed by atoms with van der Waals surface area (Å²) >= 11 is 0. The maximum absolute atomic E-state index is 12.5. The molecule has 0 fully saturated rings. The molecule has 0 bridgehead atoms. The Hall–Kier alpha value is -3.65. The number of hydrogen-bond donors (Lipinski definition) is 3. The Labute approximate surface area is 174 Å². The largest absolute Gasteiger partial charge is 0.428 e. The van der Waals surface area contributed by atoms with Crippen LogP contribution in [0, 0.1) is 0 Å². The summed E-state index contributed by atoms with van der Waals surface area (Å²) in [5.74, 6) is 0.355. The summed E-state index contributed by atoms with van der Waals surface area (Å²) in [4.78, 5) is 27.4. The first-order chi connectivity index (χ1) is 14.6. The minimum atomic E-state index is -0.504. The highest BCUT2D eigenvalue weighted by atomic mass is 16.5. The average molecular weight is 408 g/mol. The first-order valence-corrected chi connectivity index (χ1v) is 9.55. The molecule has 3 rings (SSSR count). The Morgan fingerprint density at radius 3 is 2.63 bits per heavy atom. The first kappa shape index (κ1) is 21.1. The Balaban J connectivity index is 1.54. The highest BCUT2D eigenvalue weighted by Crippen LogP contribution is 2.21. The van der Waals surface area contributed by atoms with Crippen molar-refractivity contribution >= 4 is 18.2 Å². The zero-order valence-electron chi connectivity index (χ0n) is 16.6. The van der Waals surface area contributed by atoms with Gasteiger partial charge in [-0.1, -0.05) is 37.3 Å². The molecule has 2 aromatic carbocycles. The van der Waals surface area contributed by atoms with Crippen LogP contribution in [0.5, 0.6) is 5.75 Å². The summed E-state index contributed by atoms with van der Waals surface area (Å²) in [5, 5.41) is 5.79. The molecule has 4 N–H and O–H groups in total. The molecule has 8 nitrogen and oxygen atoms in total. The van der Waals surface area contributed by atoms with Crippen LogP contribution in [-0.4, -0.2) is 24.6 Å². The van der Waals surface area contributed by atoms with E-state index >= 15 is 0 Å². The Morgan fingerprint density at radius 1 is 1.20 bits per heavy atom. The van der Waals surface area contributed by atoms with Crippen molar-refractivity contribution in [2.75, 3.05) is 0 Å². The number of hydrogen-bond acceptors (Lipinski definition) is 7. The van der Waals surface area contributed by atoms with Gasteiger partial charge in [-0.25, -0.2) is 4.99 Å². The second-order valence-electron chi connectivity index (χ2n) is 6.61. The molecule has 1 aliphatic heterocycles. The number of carbonyl (C=O) groups is 2. The van der Waals surface area contributed by atoms with E-state index in [1.807, 2.05) is 37.3 Å². The van der Waals surface area contributed by atoms with Crippen molar-refractivity contribution in [2.45, 2.75) is 32.8 Å². The van der Waals surface area contributed by atoms with E-state index in [2.05, 4.69) is 15.6 Å². The molecule has 1 atom stereocenters. The van der Waals surface area contributed by atoms with Crippen LogP contribution in [0.15, 0.2) is 59.7 Å². The van der Waals surface area contributed by atoms with Crippen LogP contribution in [0.25, 0.3) is 0 Å². The fourth-order valence-electron chi connectivity index (χ4n) is 2.85. The van der Waals surface area contributed by atoms with Gasteiger partial charge >= 0.3 is 0 Å². The average Bonchev–Trinajstić information content (AvgIpc) is 2.77. The molecule has 1 amide bonds. The molecule has 0 saturated carbocycles. The van der Waals surface area contributed by atoms with Gasteiger partial charge in [0.05, 0.1) is 12.2 Å². The number of carbonyl (C=O) groups excluding carboxylic acids is 2. The SMILES string of the molecule is CCc1ccc(C(=O)NCc2ccc(COC3N=C(N)C=CN3)cc2)c(OC=O)c1. The molecule has 1 heterocycles. The topological polar surface area (TPSA) is 115 Å². The van der Waals surface area contributed by atoms with E-state index in [0.29, 0.717) is 31.0 Å². The standard InChI is InChI=1S/C22H24N4O4/c1-2-15-7-8-18(19(11-15)30-14-27)21(28)25-12-16-3-5-17(6-4-16)13-29-22-24-10-9-20(23)26-22/h3-11,14,22,24H,2,12-13H2,1H3,(H2,23,26)(H,25,28). The maximum Gasteiger partial charge on any atom is 0.298 e. The third-order valence-corrected chi connectivity index (χ3v) is 4.52. The molecular formula is C22H24N4O4. The monoisotopic (exact) mass is 408 g/mol. The van der Waals surface area contributed by atoms with Gasteiger partial charge < -0.3 is 25.8 Å². The van der Waals surface area contributed by atoms with Gasteiger partial charge in [0.25, 0.3) is 12.4 Å². The normalized spacial score (nSPS) is 15.1. The molecule has 1 aliphatic rings. The Kier molecular flexibility index (Phi) is 7.18. The van der Waals surface area contributed by atoms with Gasteiger partial charge in [0.15, 0.2) is 0 Å². The molecule has 30 heavy (non-hydrogen) atoms. The van der Waals surface area contributed by atoms with Crippen LogP contribution in [0.1, 0.15) is 34.0 Å². The zero-order valence-corrected chi connectivity index (χ0v) is 16.6. The van der Waals surface area contributed by atoms with Crippen molar-refractivity contribution in [1.29, 1.82) is 0 Å². The Bertz CT molecular complexity index is 954. The van der Waals surface area contributed by atoms with Crippen LogP contribution < -0.4 is 21.1 Å². The van der Waals surface area contributed by atoms with Crippen LogP contribution >= 0.6 is 0 Å². The van der Waals surface area contributed by atoms with Gasteiger partial charge in [0, 0.05) is 12.7 Å². The summed E-state index contributed by atoms with van der Waals surface area (Å²) in [6.45, 7) is 3.02. The minimum absolute atomic E-state index is 0.254. The number of ether oxygens (including phenoxy) is 2. The number of nitrogens with one attached hydrogen (secondary N) is 2. The lowest BCUT2D eigenvalue weighted by Gasteiger charge is -2.17. The van der Waals surface area contributed by atoms with Gasteiger partial charge in [-0.3, -0.25) is 9.59 Å². The highest BCUT2D eigenvalue weighted by Gasteiger charge is 2.13. The summed E-state index contributed by atoms with van der Waals surface area (Å²) in [6.07, 6.45) is 3.63. The van der Waals surface area contributed by atoms with Crippen LogP contribution in [-0.2, 0) is 29.1 Å². The van der Waals surface area contributed by atoms with Gasteiger partial charge in [-0.2, -0.15) is 0 Å². The van der Waals surface area contributed by atoms with E-state index in [-0.39, 0.29) is 11.7 Å². The second kappa shape index (κ2) is 10.2. The number of nitrogens with zero attached hydrogens (tertiary/aromatic N) is 1. The number of aliphatic imine (C=N–C) groups is 1. The van der Waals surface area contributed by atoms with Crippen molar-refractivity contribution in [2.24, 2.45) is 10.7 Å². The fraction of sp³-hybridized carbons (Fsp3) is 0.227. The van der Waals surface area contributed by atoms with Crippen molar-refractivity contribution in [3.8, 4) is 5.75 Å². The molecule has 156 valence electrons. The predicted molar refractivity (Wildman–Crippen MR) is 113 cm³/mol. The lowest BCUT2D eigenvalue weighted by molar-refractivity contribution is -0.120. The van der Waals surface area contributed by atoms with Gasteiger partial charge in [-0.05, 0) is 41.3 Å². The molecule has 1 unspecified atom stereocenters. The van der Waals surface area contributed by atoms with Gasteiger partial charge in [-0.15, -0.1) is 0 Å². The Morgan fingerprint density at radius 2 is 1.93 bits per heavy atom. The zero-order chi connectivity index (χ0) is 21.3. The molecular weight excluding hydrogens is 384 g/mol. The number of rotatable bonds is 9. The van der Waals surface area contributed by atoms with E-state index in [1.165, 1.54) is 0 Å². The lowest BCUT2D eigenvalue weighted by Crippen LogP contribution is -2.31. The van der Waals surface area contributed by atoms with Crippen molar-refractivity contribution in [3.05, 3.63) is 77.0 Å². The summed E-state index contributed by atoms with van der Waals surface area (Å²) in [7, 11) is 0. The molecule has 0 saturated heterocycles. The van der Waals surface area contributed by atoms with Crippen LogP contribution in [0.2, 0.25) is 0 Å². The van der Waals surface area contributed by atoms with Gasteiger partial charge in [0.1, 0.15) is 11.6 Å². The molecule has 0 radical (unpaired) electrons. The van der Waals surface area contributed by atoms with Crippen molar-refractivity contribution in [1.82, 2.24) is 10.6 Å². The predicted octanol–water partition coefficient (Wildman–Crippen LogP) is 1.99. The number of nitrogens with two attached hydrogens (primary N) is 1. The molecule has 0 aromatic heterocycles. The van der Waals surface area contributed by atoms with E-state index < -0.39 is 6.35 Å². The van der Waals surface area contributed by atoms with E-state index in [0.717, 1.165) is 23.1 Å². The molecule has 0 spiro atoms. The highest BCUT2D eigenvalue weighted by molar-refractivity contribution is 5.97. The minimum Gasteiger partial charge on any atom is -0.428 e. The van der Waals surface area contributed by atoms with E-state index in [1.54, 1.807) is 24.4 Å². The molecule has 0 aliphatic carbocycles. The van der Waals surface area contributed by atoms with Crippen LogP contribution in [0.3, 0.4) is 0 Å². The summed E-state index contributed by atoms with van der Waals surface area (Å²) in [6, 6.07) is 12.9. The summed E-state index contributed by atoms with van der Waals surface area (Å²) in [5.41, 5.74) is 8.83. The fourth-order valence-corrected chi connectivity index (χ4v) is 2.85. The number of amides is 1. The number of aryl methyl sites for hydroxylation is 1. The second-order valence-corrected chi connectivity index (χ2v) is 6.61. The molecule has 8 heteroatoms. The lowest BCUT2D eigenvalue weighted by atomic mass is 10.1. The van der Waals surface area contributed by atoms with Gasteiger partial charge in [0.2, 0.25) is 6.35 Å².